The molecule has 3 fully saturated rings. The van der Waals surface area contributed by atoms with E-state index in [2.05, 4.69) is 15.1 Å². The molecular formula is C25H49N3O. The number of nitrogens with one attached hydrogen (secondary N) is 1. The Hall–Kier alpha value is -0.160. The van der Waals surface area contributed by atoms with Crippen molar-refractivity contribution in [1.29, 1.82) is 0 Å². The van der Waals surface area contributed by atoms with Crippen molar-refractivity contribution >= 4 is 0 Å². The van der Waals surface area contributed by atoms with Gasteiger partial charge in [0.05, 0.1) is 0 Å². The lowest BCUT2D eigenvalue weighted by atomic mass is 9.90. The van der Waals surface area contributed by atoms with Crippen LogP contribution >= 0.6 is 0 Å². The van der Waals surface area contributed by atoms with Gasteiger partial charge in [-0.1, -0.05) is 70.6 Å². The van der Waals surface area contributed by atoms with E-state index in [0.717, 1.165) is 52.1 Å². The fourth-order valence-electron chi connectivity index (χ4n) is 5.91. The maximum atomic E-state index is 12.1. The van der Waals surface area contributed by atoms with Crippen LogP contribution in [0.4, 0.5) is 0 Å². The zero-order valence-electron chi connectivity index (χ0n) is 19.2. The Kier molecular flexibility index (Phi) is 10.8. The van der Waals surface area contributed by atoms with E-state index in [1.807, 2.05) is 0 Å². The Labute approximate surface area is 180 Å². The third-order valence-corrected chi connectivity index (χ3v) is 7.81. The van der Waals surface area contributed by atoms with Gasteiger partial charge < -0.3 is 15.3 Å². The minimum atomic E-state index is -0.586. The van der Waals surface area contributed by atoms with Gasteiger partial charge in [0.1, 0.15) is 5.72 Å². The maximum absolute atomic E-state index is 12.1. The van der Waals surface area contributed by atoms with Crippen LogP contribution < -0.4 is 5.32 Å². The highest BCUT2D eigenvalue weighted by molar-refractivity contribution is 4.88. The Morgan fingerprint density at radius 1 is 0.690 bits per heavy atom. The van der Waals surface area contributed by atoms with E-state index < -0.39 is 5.72 Å². The first-order valence-corrected chi connectivity index (χ1v) is 13.2. The molecule has 0 radical (unpaired) electrons. The van der Waals surface area contributed by atoms with Crippen molar-refractivity contribution in [2.45, 2.75) is 121 Å². The molecule has 2 aliphatic heterocycles. The van der Waals surface area contributed by atoms with Gasteiger partial charge in [-0.05, 0) is 32.1 Å². The Balaban J connectivity index is 1.69. The summed E-state index contributed by atoms with van der Waals surface area (Å²) in [6, 6.07) is 0.598. The van der Waals surface area contributed by atoms with E-state index in [4.69, 9.17) is 0 Å². The molecule has 2 N–H and O–H groups in total. The summed E-state index contributed by atoms with van der Waals surface area (Å²) in [5.41, 5.74) is -0.586. The molecule has 1 aliphatic carbocycles. The summed E-state index contributed by atoms with van der Waals surface area (Å²) in [7, 11) is 0. The first kappa shape index (κ1) is 23.5. The van der Waals surface area contributed by atoms with Crippen LogP contribution in [0, 0.1) is 0 Å². The lowest BCUT2D eigenvalue weighted by Crippen LogP contribution is -2.56. The molecule has 170 valence electrons. The number of aliphatic hydroxyl groups is 1. The van der Waals surface area contributed by atoms with Gasteiger partial charge in [-0.15, -0.1) is 0 Å². The van der Waals surface area contributed by atoms with Crippen LogP contribution in [0.5, 0.6) is 0 Å². The minimum absolute atomic E-state index is 0.586. The van der Waals surface area contributed by atoms with E-state index in [-0.39, 0.29) is 0 Å². The third kappa shape index (κ3) is 8.12. The van der Waals surface area contributed by atoms with Crippen molar-refractivity contribution in [1.82, 2.24) is 15.1 Å². The van der Waals surface area contributed by atoms with Crippen LogP contribution in [-0.2, 0) is 0 Å². The minimum Gasteiger partial charge on any atom is -0.376 e. The molecule has 0 aromatic carbocycles. The van der Waals surface area contributed by atoms with Gasteiger partial charge in [-0.3, -0.25) is 4.90 Å². The lowest BCUT2D eigenvalue weighted by Gasteiger charge is -2.46. The van der Waals surface area contributed by atoms with E-state index in [1.165, 1.54) is 96.3 Å². The molecule has 0 amide bonds. The zero-order chi connectivity index (χ0) is 20.2. The number of nitrogens with zero attached hydrogens (tertiary/aromatic N) is 2. The van der Waals surface area contributed by atoms with Crippen LogP contribution in [0.25, 0.3) is 0 Å². The summed E-state index contributed by atoms with van der Waals surface area (Å²) in [5.74, 6) is 0. The molecular weight excluding hydrogens is 358 g/mol. The Bertz CT molecular complexity index is 416. The van der Waals surface area contributed by atoms with Crippen LogP contribution in [0.1, 0.15) is 109 Å². The summed E-state index contributed by atoms with van der Waals surface area (Å²) in [5, 5.41) is 15.6. The Morgan fingerprint density at radius 2 is 1.24 bits per heavy atom. The first-order valence-electron chi connectivity index (χ1n) is 13.2. The highest BCUT2D eigenvalue weighted by Gasteiger charge is 2.38. The molecule has 0 bridgehead atoms. The van der Waals surface area contributed by atoms with Crippen molar-refractivity contribution in [3.8, 4) is 0 Å². The van der Waals surface area contributed by atoms with Gasteiger partial charge in [0.15, 0.2) is 0 Å². The highest BCUT2D eigenvalue weighted by Crippen LogP contribution is 2.33. The molecule has 1 unspecified atom stereocenters. The van der Waals surface area contributed by atoms with E-state index >= 15 is 0 Å². The van der Waals surface area contributed by atoms with Crippen molar-refractivity contribution in [2.24, 2.45) is 0 Å². The van der Waals surface area contributed by atoms with E-state index in [0.29, 0.717) is 6.04 Å². The molecule has 1 atom stereocenters. The fourth-order valence-corrected chi connectivity index (χ4v) is 5.91. The van der Waals surface area contributed by atoms with Crippen LogP contribution in [0.2, 0.25) is 0 Å². The molecule has 2 heterocycles. The first-order chi connectivity index (χ1) is 14.3. The van der Waals surface area contributed by atoms with Gasteiger partial charge in [-0.2, -0.15) is 0 Å². The number of hydrogen-bond acceptors (Lipinski definition) is 4. The summed E-state index contributed by atoms with van der Waals surface area (Å²) in [6.45, 7) is 6.65. The second kappa shape index (κ2) is 13.3. The molecule has 4 nitrogen and oxygen atoms in total. The number of hydrogen-bond donors (Lipinski definition) is 2. The van der Waals surface area contributed by atoms with Gasteiger partial charge >= 0.3 is 0 Å². The summed E-state index contributed by atoms with van der Waals surface area (Å²) < 4.78 is 0. The van der Waals surface area contributed by atoms with Crippen LogP contribution in [0.3, 0.4) is 0 Å². The predicted octanol–water partition coefficient (Wildman–Crippen LogP) is 4.91. The SMILES string of the molecule is OC1(CCN2CCNCC2)CCCCCCCCN1C1CCCCCCCCC1. The smallest absolute Gasteiger partial charge is 0.119 e. The molecule has 0 spiro atoms. The standard InChI is InChI=1S/C25H49N3O/c29-25(17-21-27-22-18-26-19-23-27)16-12-8-4-5-9-13-20-28(25)24-14-10-6-2-1-3-7-11-15-24/h24,26,29H,1-23H2. The molecule has 2 saturated heterocycles. The number of piperazine rings is 1. The zero-order valence-corrected chi connectivity index (χ0v) is 19.2. The second-order valence-electron chi connectivity index (χ2n) is 10.1. The van der Waals surface area contributed by atoms with Crippen molar-refractivity contribution in [2.75, 3.05) is 39.3 Å². The molecule has 0 aromatic rings. The van der Waals surface area contributed by atoms with Gasteiger partial charge in [0.25, 0.3) is 0 Å². The maximum Gasteiger partial charge on any atom is 0.119 e. The average molecular weight is 408 g/mol. The molecule has 29 heavy (non-hydrogen) atoms. The fraction of sp³-hybridized carbons (Fsp3) is 1.00. The topological polar surface area (TPSA) is 38.7 Å². The van der Waals surface area contributed by atoms with Crippen molar-refractivity contribution in [3.63, 3.8) is 0 Å². The Morgan fingerprint density at radius 3 is 1.90 bits per heavy atom. The molecule has 3 rings (SSSR count). The lowest BCUT2D eigenvalue weighted by molar-refractivity contribution is -0.148. The van der Waals surface area contributed by atoms with E-state index in [9.17, 15) is 5.11 Å². The third-order valence-electron chi connectivity index (χ3n) is 7.81. The monoisotopic (exact) mass is 407 g/mol. The highest BCUT2D eigenvalue weighted by atomic mass is 16.3. The van der Waals surface area contributed by atoms with Crippen LogP contribution in [-0.4, -0.2) is 65.9 Å². The number of rotatable bonds is 4. The van der Waals surface area contributed by atoms with Gasteiger partial charge in [-0.25, -0.2) is 0 Å². The van der Waals surface area contributed by atoms with Gasteiger partial charge in [0, 0.05) is 51.7 Å². The normalized spacial score (nSPS) is 31.3. The summed E-state index contributed by atoms with van der Waals surface area (Å²) in [6.07, 6.45) is 22.1. The van der Waals surface area contributed by atoms with E-state index in [1.54, 1.807) is 0 Å². The quantitative estimate of drug-likeness (QED) is 0.694. The largest absolute Gasteiger partial charge is 0.376 e. The van der Waals surface area contributed by atoms with Crippen molar-refractivity contribution in [3.05, 3.63) is 0 Å². The van der Waals surface area contributed by atoms with Gasteiger partial charge in [0.2, 0.25) is 0 Å². The second-order valence-corrected chi connectivity index (χ2v) is 10.1. The van der Waals surface area contributed by atoms with Crippen LogP contribution in [0.15, 0.2) is 0 Å². The summed E-state index contributed by atoms with van der Waals surface area (Å²) in [4.78, 5) is 5.21. The predicted molar refractivity (Wildman–Crippen MR) is 123 cm³/mol. The molecule has 1 saturated carbocycles. The van der Waals surface area contributed by atoms with Crippen molar-refractivity contribution < 1.29 is 5.11 Å². The molecule has 0 aromatic heterocycles. The summed E-state index contributed by atoms with van der Waals surface area (Å²) >= 11 is 0. The molecule has 4 heteroatoms. The average Bonchev–Trinajstić information content (AvgIpc) is 2.76. The molecule has 3 aliphatic rings.